The Kier molecular flexibility index (Phi) is 6.50. The summed E-state index contributed by atoms with van der Waals surface area (Å²) in [4.78, 5) is 24.9. The molecule has 212 valence electrons. The minimum absolute atomic E-state index is 0.0507. The van der Waals surface area contributed by atoms with Crippen LogP contribution in [0.1, 0.15) is 69.9 Å². The Morgan fingerprint density at radius 3 is 2.15 bits per heavy atom. The molecule has 1 aromatic rings. The van der Waals surface area contributed by atoms with Crippen LogP contribution in [0.5, 0.6) is 0 Å². The third kappa shape index (κ3) is 4.67. The van der Waals surface area contributed by atoms with Crippen molar-refractivity contribution in [3.63, 3.8) is 0 Å². The van der Waals surface area contributed by atoms with Crippen LogP contribution >= 0.6 is 0 Å². The van der Waals surface area contributed by atoms with Gasteiger partial charge in [0.25, 0.3) is 0 Å². The first kappa shape index (κ1) is 27.8. The molecule has 0 saturated heterocycles. The van der Waals surface area contributed by atoms with Crippen molar-refractivity contribution in [3.05, 3.63) is 52.6 Å². The molecule has 1 amide bonds. The highest BCUT2D eigenvalue weighted by molar-refractivity contribution is 5.93. The van der Waals surface area contributed by atoms with E-state index in [4.69, 9.17) is 0 Å². The van der Waals surface area contributed by atoms with Gasteiger partial charge >= 0.3 is 18.3 Å². The molecule has 4 aliphatic rings. The summed E-state index contributed by atoms with van der Waals surface area (Å²) in [7, 11) is 0. The first-order valence-electron chi connectivity index (χ1n) is 13.3. The predicted molar refractivity (Wildman–Crippen MR) is 131 cm³/mol. The van der Waals surface area contributed by atoms with Crippen LogP contribution in [-0.4, -0.2) is 17.0 Å². The highest BCUT2D eigenvalue weighted by Crippen LogP contribution is 2.66. The van der Waals surface area contributed by atoms with Crippen molar-refractivity contribution < 1.29 is 41.0 Å². The topological polar surface area (TPSA) is 66.4 Å². The highest BCUT2D eigenvalue weighted by atomic mass is 19.4. The lowest BCUT2D eigenvalue weighted by atomic mass is 9.48. The van der Waals surface area contributed by atoms with Gasteiger partial charge in [-0.25, -0.2) is 4.79 Å². The fourth-order valence-electron chi connectivity index (χ4n) is 8.18. The fraction of sp³-hybridized carbons (Fsp3) is 0.586. The van der Waals surface area contributed by atoms with Crippen LogP contribution in [0.4, 0.5) is 32.0 Å². The molecule has 5 rings (SSSR count). The fourth-order valence-corrected chi connectivity index (χ4v) is 8.18. The number of hydrogen-bond donors (Lipinski definition) is 2. The molecule has 0 bridgehead atoms. The molecule has 10 heteroatoms. The van der Waals surface area contributed by atoms with Gasteiger partial charge in [0.2, 0.25) is 5.91 Å². The third-order valence-corrected chi connectivity index (χ3v) is 10.2. The zero-order valence-corrected chi connectivity index (χ0v) is 21.7. The molecule has 0 spiro atoms. The summed E-state index contributed by atoms with van der Waals surface area (Å²) < 4.78 is 79.8. The van der Waals surface area contributed by atoms with Crippen LogP contribution in [0.3, 0.4) is 0 Å². The van der Waals surface area contributed by atoms with Gasteiger partial charge in [0.05, 0.1) is 11.1 Å². The Balaban J connectivity index is 1.39. The molecule has 2 N–H and O–H groups in total. The Morgan fingerprint density at radius 1 is 0.923 bits per heavy atom. The van der Waals surface area contributed by atoms with Crippen LogP contribution in [0.15, 0.2) is 41.5 Å². The summed E-state index contributed by atoms with van der Waals surface area (Å²) in [6, 6.07) is 1.15. The van der Waals surface area contributed by atoms with Crippen molar-refractivity contribution in [1.82, 2.24) is 0 Å². The van der Waals surface area contributed by atoms with Crippen LogP contribution in [0, 0.1) is 34.5 Å². The number of benzene rings is 1. The van der Waals surface area contributed by atoms with E-state index in [-0.39, 0.29) is 23.3 Å². The van der Waals surface area contributed by atoms with Gasteiger partial charge in [0.1, 0.15) is 0 Å². The summed E-state index contributed by atoms with van der Waals surface area (Å²) in [6.07, 6.45) is -1.25. The number of amides is 1. The van der Waals surface area contributed by atoms with Gasteiger partial charge in [0, 0.05) is 17.2 Å². The van der Waals surface area contributed by atoms with Gasteiger partial charge in [-0.1, -0.05) is 19.9 Å². The quantitative estimate of drug-likeness (QED) is 0.373. The van der Waals surface area contributed by atoms with Gasteiger partial charge in [-0.05, 0) is 103 Å². The van der Waals surface area contributed by atoms with Crippen LogP contribution in [0.25, 0.3) is 0 Å². The largest absolute Gasteiger partial charge is 0.478 e. The normalized spacial score (nSPS) is 34.3. The van der Waals surface area contributed by atoms with Gasteiger partial charge in [-0.15, -0.1) is 0 Å². The first-order valence-corrected chi connectivity index (χ1v) is 13.3. The van der Waals surface area contributed by atoms with Gasteiger partial charge in [-0.2, -0.15) is 26.3 Å². The number of aliphatic carboxylic acids is 1. The summed E-state index contributed by atoms with van der Waals surface area (Å²) in [5.74, 6) is -1.20. The minimum Gasteiger partial charge on any atom is -0.478 e. The minimum atomic E-state index is -4.99. The molecule has 2 saturated carbocycles. The van der Waals surface area contributed by atoms with E-state index in [0.29, 0.717) is 42.9 Å². The molecule has 6 atom stereocenters. The molecule has 4 nitrogen and oxygen atoms in total. The number of hydrogen-bond acceptors (Lipinski definition) is 2. The second-order valence-corrected chi connectivity index (χ2v) is 12.1. The molecule has 2 fully saturated rings. The average Bonchev–Trinajstić information content (AvgIpc) is 3.19. The standard InChI is InChI=1S/C29H31F6NO3/c1-26-9-7-15(25(38)39)11-16(26)3-4-20-21-5-6-23(27(21,2)10-8-22(20)26)24(37)36-19-13-17(28(30,31)32)12-18(14-19)29(33,34)35/h3,11-14,20-23H,4-10H2,1-2H3,(H,36,37)(H,38,39)/t20?,21?,22?,23-,26+,27+/m1/s1. The molecule has 0 aliphatic heterocycles. The molecule has 3 unspecified atom stereocenters. The second-order valence-electron chi connectivity index (χ2n) is 12.1. The van der Waals surface area contributed by atoms with Crippen LogP contribution < -0.4 is 5.32 Å². The van der Waals surface area contributed by atoms with E-state index in [9.17, 15) is 41.0 Å². The maximum atomic E-state index is 13.4. The van der Waals surface area contributed by atoms with E-state index in [1.165, 1.54) is 0 Å². The van der Waals surface area contributed by atoms with Gasteiger partial charge < -0.3 is 10.4 Å². The number of nitrogens with one attached hydrogen (secondary N) is 1. The van der Waals surface area contributed by atoms with E-state index < -0.39 is 52.4 Å². The zero-order chi connectivity index (χ0) is 28.5. The van der Waals surface area contributed by atoms with Crippen molar-refractivity contribution in [3.8, 4) is 0 Å². The molecule has 0 aromatic heterocycles. The summed E-state index contributed by atoms with van der Waals surface area (Å²) in [6.45, 7) is 4.22. The summed E-state index contributed by atoms with van der Waals surface area (Å²) in [5, 5.41) is 11.8. The van der Waals surface area contributed by atoms with E-state index >= 15 is 0 Å². The second kappa shape index (κ2) is 9.13. The molecule has 1 aromatic carbocycles. The van der Waals surface area contributed by atoms with Crippen molar-refractivity contribution in [2.45, 2.75) is 71.1 Å². The highest BCUT2D eigenvalue weighted by Gasteiger charge is 2.59. The number of carbonyl (C=O) groups excluding carboxylic acids is 1. The first-order chi connectivity index (χ1) is 18.0. The summed E-state index contributed by atoms with van der Waals surface area (Å²) >= 11 is 0. The number of carbonyl (C=O) groups is 2. The molecule has 4 aliphatic carbocycles. The lowest BCUT2D eigenvalue weighted by Crippen LogP contribution is -2.50. The lowest BCUT2D eigenvalue weighted by Gasteiger charge is -2.56. The number of alkyl halides is 6. The summed E-state index contributed by atoms with van der Waals surface area (Å²) in [5.41, 5.74) is -2.55. The Hall–Kier alpha value is -2.78. The SMILES string of the molecule is C[C@]12CCC(C(=O)O)=CC1=CCC1C2CC[C@@]2(C)C1CC[C@@H]2C(=O)Nc1cc(C(F)(F)F)cc(C(F)(F)F)c1. The van der Waals surface area contributed by atoms with E-state index in [2.05, 4.69) is 18.3 Å². The number of allylic oxidation sites excluding steroid dienone is 3. The number of carboxylic acid groups (broad SMARTS) is 1. The predicted octanol–water partition coefficient (Wildman–Crippen LogP) is 7.86. The van der Waals surface area contributed by atoms with Crippen molar-refractivity contribution in [1.29, 1.82) is 0 Å². The van der Waals surface area contributed by atoms with Crippen LogP contribution in [0.2, 0.25) is 0 Å². The number of halogens is 6. The van der Waals surface area contributed by atoms with E-state index in [1.54, 1.807) is 0 Å². The van der Waals surface area contributed by atoms with Crippen molar-refractivity contribution >= 4 is 17.6 Å². The lowest BCUT2D eigenvalue weighted by molar-refractivity contribution is -0.143. The van der Waals surface area contributed by atoms with Gasteiger partial charge in [0.15, 0.2) is 0 Å². The van der Waals surface area contributed by atoms with Crippen molar-refractivity contribution in [2.24, 2.45) is 34.5 Å². The zero-order valence-electron chi connectivity index (χ0n) is 21.7. The molecule has 39 heavy (non-hydrogen) atoms. The maximum Gasteiger partial charge on any atom is 0.416 e. The van der Waals surface area contributed by atoms with Crippen LogP contribution in [-0.2, 0) is 21.9 Å². The molecule has 0 heterocycles. The third-order valence-electron chi connectivity index (χ3n) is 10.2. The monoisotopic (exact) mass is 555 g/mol. The van der Waals surface area contributed by atoms with Gasteiger partial charge in [-0.3, -0.25) is 4.79 Å². The molecule has 0 radical (unpaired) electrons. The Labute approximate surface area is 222 Å². The Bertz CT molecular complexity index is 1230. The van der Waals surface area contributed by atoms with E-state index in [1.807, 2.05) is 13.0 Å². The number of rotatable bonds is 3. The molecular weight excluding hydrogens is 524 g/mol. The number of anilines is 1. The molecular formula is C29H31F6NO3. The number of carboxylic acids is 1. The average molecular weight is 556 g/mol. The van der Waals surface area contributed by atoms with E-state index in [0.717, 1.165) is 31.3 Å². The maximum absolute atomic E-state index is 13.4. The van der Waals surface area contributed by atoms with Crippen molar-refractivity contribution in [2.75, 3.05) is 5.32 Å². The Morgan fingerprint density at radius 2 is 1.56 bits per heavy atom. The smallest absolute Gasteiger partial charge is 0.416 e. The number of fused-ring (bicyclic) bond motifs is 5.